The van der Waals surface area contributed by atoms with Crippen LogP contribution in [0.15, 0.2) is 18.2 Å². The lowest BCUT2D eigenvalue weighted by molar-refractivity contribution is 0.286. The van der Waals surface area contributed by atoms with Crippen LogP contribution in [-0.4, -0.2) is 31.4 Å². The van der Waals surface area contributed by atoms with Crippen LogP contribution >= 0.6 is 0 Å². The molecule has 108 valence electrons. The normalized spacial score (nSPS) is 11.0. The highest BCUT2D eigenvalue weighted by atomic mass is 16.5. The Labute approximate surface area is 117 Å². The highest BCUT2D eigenvalue weighted by Crippen LogP contribution is 2.23. The zero-order valence-corrected chi connectivity index (χ0v) is 12.4. The molecule has 0 amide bonds. The van der Waals surface area contributed by atoms with Crippen molar-refractivity contribution in [3.05, 3.63) is 29.3 Å². The molecule has 3 heteroatoms. The molecular weight excluding hydrogens is 238 g/mol. The van der Waals surface area contributed by atoms with Crippen LogP contribution in [0.2, 0.25) is 0 Å². The quantitative estimate of drug-likeness (QED) is 0.675. The summed E-state index contributed by atoms with van der Waals surface area (Å²) in [5.41, 5.74) is 2.69. The van der Waals surface area contributed by atoms with Gasteiger partial charge in [0.15, 0.2) is 0 Å². The first-order chi connectivity index (χ1) is 9.15. The van der Waals surface area contributed by atoms with Gasteiger partial charge in [-0.1, -0.05) is 19.9 Å². The van der Waals surface area contributed by atoms with Crippen molar-refractivity contribution in [1.82, 2.24) is 5.32 Å². The number of unbranched alkanes of at least 4 members (excludes halogenated alkanes) is 1. The monoisotopic (exact) mass is 265 g/mol. The topological polar surface area (TPSA) is 41.5 Å². The Balaban J connectivity index is 2.25. The predicted octanol–water partition coefficient (Wildman–Crippen LogP) is 2.86. The van der Waals surface area contributed by atoms with Gasteiger partial charge in [0.2, 0.25) is 0 Å². The summed E-state index contributed by atoms with van der Waals surface area (Å²) in [6.45, 7) is 9.14. The SMILES string of the molecule is Cc1cc(OCCCCNCCO)ccc1C(C)C. The Kier molecular flexibility index (Phi) is 7.53. The van der Waals surface area contributed by atoms with E-state index in [2.05, 4.69) is 44.3 Å². The van der Waals surface area contributed by atoms with E-state index in [-0.39, 0.29) is 6.61 Å². The zero-order chi connectivity index (χ0) is 14.1. The van der Waals surface area contributed by atoms with Gasteiger partial charge in [0.05, 0.1) is 13.2 Å². The molecule has 0 spiro atoms. The van der Waals surface area contributed by atoms with Gasteiger partial charge in [0.1, 0.15) is 5.75 Å². The van der Waals surface area contributed by atoms with E-state index in [0.29, 0.717) is 12.5 Å². The molecule has 0 saturated carbocycles. The third-order valence-corrected chi connectivity index (χ3v) is 3.17. The van der Waals surface area contributed by atoms with Crippen molar-refractivity contribution in [3.63, 3.8) is 0 Å². The predicted molar refractivity (Wildman–Crippen MR) is 80.0 cm³/mol. The van der Waals surface area contributed by atoms with Crippen molar-refractivity contribution in [2.75, 3.05) is 26.3 Å². The fourth-order valence-corrected chi connectivity index (χ4v) is 2.13. The number of nitrogens with one attached hydrogen (secondary N) is 1. The van der Waals surface area contributed by atoms with E-state index < -0.39 is 0 Å². The van der Waals surface area contributed by atoms with Gasteiger partial charge >= 0.3 is 0 Å². The number of ether oxygens (including phenoxy) is 1. The van der Waals surface area contributed by atoms with E-state index in [9.17, 15) is 0 Å². The van der Waals surface area contributed by atoms with E-state index in [1.54, 1.807) is 0 Å². The van der Waals surface area contributed by atoms with Crippen LogP contribution in [0.4, 0.5) is 0 Å². The van der Waals surface area contributed by atoms with E-state index in [1.165, 1.54) is 11.1 Å². The third-order valence-electron chi connectivity index (χ3n) is 3.17. The van der Waals surface area contributed by atoms with Gasteiger partial charge in [-0.15, -0.1) is 0 Å². The first-order valence-corrected chi connectivity index (χ1v) is 7.20. The number of aliphatic hydroxyl groups is 1. The molecule has 0 saturated heterocycles. The molecule has 19 heavy (non-hydrogen) atoms. The molecular formula is C16H27NO2. The minimum atomic E-state index is 0.206. The average molecular weight is 265 g/mol. The lowest BCUT2D eigenvalue weighted by atomic mass is 9.98. The number of rotatable bonds is 9. The van der Waals surface area contributed by atoms with Crippen LogP contribution < -0.4 is 10.1 Å². The first-order valence-electron chi connectivity index (χ1n) is 7.20. The Morgan fingerprint density at radius 2 is 2.00 bits per heavy atom. The number of aliphatic hydroxyl groups excluding tert-OH is 1. The first kappa shape index (κ1) is 16.0. The number of aryl methyl sites for hydroxylation is 1. The lowest BCUT2D eigenvalue weighted by Crippen LogP contribution is -2.19. The molecule has 1 rings (SSSR count). The van der Waals surface area contributed by atoms with Crippen LogP contribution in [-0.2, 0) is 0 Å². The van der Waals surface area contributed by atoms with Crippen molar-refractivity contribution in [3.8, 4) is 5.75 Å². The summed E-state index contributed by atoms with van der Waals surface area (Å²) < 4.78 is 5.75. The molecule has 0 aliphatic rings. The average Bonchev–Trinajstić information content (AvgIpc) is 2.37. The highest BCUT2D eigenvalue weighted by Gasteiger charge is 2.04. The molecule has 1 aromatic rings. The maximum absolute atomic E-state index is 8.62. The summed E-state index contributed by atoms with van der Waals surface area (Å²) in [5, 5.41) is 11.8. The Morgan fingerprint density at radius 1 is 1.21 bits per heavy atom. The van der Waals surface area contributed by atoms with Crippen LogP contribution in [0.5, 0.6) is 5.75 Å². The Bertz CT molecular complexity index is 364. The maximum atomic E-state index is 8.62. The standard InChI is InChI=1S/C16H27NO2/c1-13(2)16-7-6-15(12-14(16)3)19-11-5-4-8-17-9-10-18/h6-7,12-13,17-18H,4-5,8-11H2,1-3H3. The highest BCUT2D eigenvalue weighted by molar-refractivity contribution is 5.36. The second-order valence-corrected chi connectivity index (χ2v) is 5.20. The maximum Gasteiger partial charge on any atom is 0.119 e. The Morgan fingerprint density at radius 3 is 2.63 bits per heavy atom. The summed E-state index contributed by atoms with van der Waals surface area (Å²) in [6, 6.07) is 6.35. The van der Waals surface area contributed by atoms with Crippen molar-refractivity contribution in [2.24, 2.45) is 0 Å². The molecule has 2 N–H and O–H groups in total. The third kappa shape index (κ3) is 6.08. The van der Waals surface area contributed by atoms with Crippen LogP contribution in [0, 0.1) is 6.92 Å². The summed E-state index contributed by atoms with van der Waals surface area (Å²) >= 11 is 0. The molecule has 0 aromatic heterocycles. The fourth-order valence-electron chi connectivity index (χ4n) is 2.13. The number of hydrogen-bond acceptors (Lipinski definition) is 3. The molecule has 0 atom stereocenters. The van der Waals surface area contributed by atoms with Gasteiger partial charge in [0.25, 0.3) is 0 Å². The molecule has 3 nitrogen and oxygen atoms in total. The summed E-state index contributed by atoms with van der Waals surface area (Å²) in [5.74, 6) is 1.52. The molecule has 0 heterocycles. The molecule has 0 bridgehead atoms. The summed E-state index contributed by atoms with van der Waals surface area (Å²) in [6.07, 6.45) is 2.10. The van der Waals surface area contributed by atoms with E-state index in [0.717, 1.165) is 31.7 Å². The molecule has 0 radical (unpaired) electrons. The fraction of sp³-hybridized carbons (Fsp3) is 0.625. The molecule has 0 unspecified atom stereocenters. The largest absolute Gasteiger partial charge is 0.494 e. The van der Waals surface area contributed by atoms with Gasteiger partial charge in [-0.25, -0.2) is 0 Å². The minimum absolute atomic E-state index is 0.206. The van der Waals surface area contributed by atoms with Gasteiger partial charge in [-0.05, 0) is 55.5 Å². The van der Waals surface area contributed by atoms with Gasteiger partial charge < -0.3 is 15.2 Å². The molecule has 0 aliphatic heterocycles. The van der Waals surface area contributed by atoms with Gasteiger partial charge in [-0.3, -0.25) is 0 Å². The van der Waals surface area contributed by atoms with Crippen molar-refractivity contribution < 1.29 is 9.84 Å². The lowest BCUT2D eigenvalue weighted by Gasteiger charge is -2.12. The van der Waals surface area contributed by atoms with E-state index in [1.807, 2.05) is 0 Å². The van der Waals surface area contributed by atoms with E-state index in [4.69, 9.17) is 9.84 Å². The molecule has 0 fully saturated rings. The molecule has 0 aliphatic carbocycles. The van der Waals surface area contributed by atoms with E-state index >= 15 is 0 Å². The van der Waals surface area contributed by atoms with Crippen LogP contribution in [0.1, 0.15) is 43.7 Å². The van der Waals surface area contributed by atoms with Crippen molar-refractivity contribution in [1.29, 1.82) is 0 Å². The van der Waals surface area contributed by atoms with Crippen LogP contribution in [0.3, 0.4) is 0 Å². The van der Waals surface area contributed by atoms with Crippen LogP contribution in [0.25, 0.3) is 0 Å². The molecule has 1 aromatic carbocycles. The zero-order valence-electron chi connectivity index (χ0n) is 12.4. The van der Waals surface area contributed by atoms with Gasteiger partial charge in [0, 0.05) is 6.54 Å². The second kappa shape index (κ2) is 8.94. The van der Waals surface area contributed by atoms with Gasteiger partial charge in [-0.2, -0.15) is 0 Å². The second-order valence-electron chi connectivity index (χ2n) is 5.20. The number of hydrogen-bond donors (Lipinski definition) is 2. The summed E-state index contributed by atoms with van der Waals surface area (Å²) in [4.78, 5) is 0. The van der Waals surface area contributed by atoms with Crippen molar-refractivity contribution >= 4 is 0 Å². The smallest absolute Gasteiger partial charge is 0.119 e. The van der Waals surface area contributed by atoms with Crippen molar-refractivity contribution in [2.45, 2.75) is 39.5 Å². The minimum Gasteiger partial charge on any atom is -0.494 e. The Hall–Kier alpha value is -1.06. The number of benzene rings is 1. The summed E-state index contributed by atoms with van der Waals surface area (Å²) in [7, 11) is 0.